The van der Waals surface area contributed by atoms with Crippen LogP contribution in [0.2, 0.25) is 0 Å². The van der Waals surface area contributed by atoms with E-state index in [4.69, 9.17) is 0 Å². The molecule has 5 nitrogen and oxygen atoms in total. The summed E-state index contributed by atoms with van der Waals surface area (Å²) < 4.78 is 1.68. The van der Waals surface area contributed by atoms with Gasteiger partial charge in [-0.15, -0.1) is 24.8 Å². The van der Waals surface area contributed by atoms with E-state index in [1.807, 2.05) is 25.2 Å². The zero-order chi connectivity index (χ0) is 16.5. The molecule has 1 aromatic heterocycles. The van der Waals surface area contributed by atoms with Gasteiger partial charge in [0.25, 0.3) is 5.91 Å². The smallest absolute Gasteiger partial charge is 0.255 e. The number of anilines is 1. The summed E-state index contributed by atoms with van der Waals surface area (Å²) in [4.78, 5) is 12.4. The van der Waals surface area contributed by atoms with E-state index in [1.165, 1.54) is 37.7 Å². The van der Waals surface area contributed by atoms with Crippen molar-refractivity contribution in [1.29, 1.82) is 0 Å². The van der Waals surface area contributed by atoms with Gasteiger partial charge in [-0.3, -0.25) is 9.48 Å². The molecule has 2 aromatic rings. The lowest BCUT2D eigenvalue weighted by atomic mass is 10.1. The van der Waals surface area contributed by atoms with Gasteiger partial charge >= 0.3 is 0 Å². The summed E-state index contributed by atoms with van der Waals surface area (Å²) in [5, 5.41) is 10.8. The molecule has 1 aromatic carbocycles. The monoisotopic (exact) mass is 396 g/mol. The van der Waals surface area contributed by atoms with Crippen LogP contribution in [0.3, 0.4) is 0 Å². The number of hydrogen-bond donors (Lipinski definition) is 2. The van der Waals surface area contributed by atoms with Crippen molar-refractivity contribution in [2.45, 2.75) is 50.1 Å². The molecule has 2 N–H and O–H groups in total. The van der Waals surface area contributed by atoms with Gasteiger partial charge in [0.05, 0.1) is 11.9 Å². The normalized spacial score (nSPS) is 21.6. The van der Waals surface area contributed by atoms with E-state index in [9.17, 15) is 4.79 Å². The Morgan fingerprint density at radius 3 is 2.69 bits per heavy atom. The number of halogens is 2. The van der Waals surface area contributed by atoms with Crippen molar-refractivity contribution in [3.05, 3.63) is 47.8 Å². The Hall–Kier alpha value is -1.56. The average Bonchev–Trinajstić information content (AvgIpc) is 2.93. The van der Waals surface area contributed by atoms with Crippen molar-refractivity contribution in [3.63, 3.8) is 0 Å². The fourth-order valence-electron chi connectivity index (χ4n) is 3.74. The van der Waals surface area contributed by atoms with Gasteiger partial charge in [-0.1, -0.05) is 25.0 Å². The summed E-state index contributed by atoms with van der Waals surface area (Å²) in [6.45, 7) is 0. The largest absolute Gasteiger partial charge is 0.319 e. The van der Waals surface area contributed by atoms with E-state index in [0.717, 1.165) is 5.69 Å². The van der Waals surface area contributed by atoms with E-state index in [2.05, 4.69) is 21.8 Å². The molecule has 2 atom stereocenters. The third kappa shape index (κ3) is 4.78. The fourth-order valence-corrected chi connectivity index (χ4v) is 3.74. The van der Waals surface area contributed by atoms with Crippen molar-refractivity contribution in [2.75, 3.05) is 5.32 Å². The number of carbonyl (C=O) groups excluding carboxylic acids is 1. The molecule has 2 fully saturated rings. The van der Waals surface area contributed by atoms with Crippen LogP contribution in [-0.2, 0) is 7.05 Å². The lowest BCUT2D eigenvalue weighted by molar-refractivity contribution is 0.102. The zero-order valence-electron chi connectivity index (χ0n) is 14.9. The van der Waals surface area contributed by atoms with E-state index < -0.39 is 0 Å². The molecule has 2 unspecified atom stereocenters. The van der Waals surface area contributed by atoms with Crippen LogP contribution in [0.15, 0.2) is 36.7 Å². The topological polar surface area (TPSA) is 59.0 Å². The quantitative estimate of drug-likeness (QED) is 0.805. The predicted octanol–water partition coefficient (Wildman–Crippen LogP) is 3.90. The van der Waals surface area contributed by atoms with Gasteiger partial charge in [0.15, 0.2) is 0 Å². The van der Waals surface area contributed by atoms with Crippen LogP contribution in [0.25, 0.3) is 0 Å². The number of hydrogen-bond acceptors (Lipinski definition) is 3. The molecule has 7 heteroatoms. The van der Waals surface area contributed by atoms with E-state index >= 15 is 0 Å². The highest BCUT2D eigenvalue weighted by Crippen LogP contribution is 2.42. The Kier molecular flexibility index (Phi) is 7.09. The molecule has 2 aliphatic carbocycles. The van der Waals surface area contributed by atoms with Crippen molar-refractivity contribution in [2.24, 2.45) is 7.05 Å². The van der Waals surface area contributed by atoms with Gasteiger partial charge in [0.2, 0.25) is 0 Å². The van der Waals surface area contributed by atoms with Crippen molar-refractivity contribution in [3.8, 4) is 0 Å². The molecular formula is C19H26Cl2N4O. The minimum Gasteiger partial charge on any atom is -0.319 e. The molecule has 0 spiro atoms. The molecule has 2 saturated carbocycles. The van der Waals surface area contributed by atoms with Crippen LogP contribution in [0.1, 0.15) is 53.9 Å². The lowest BCUT2D eigenvalue weighted by Gasteiger charge is -2.11. The molecule has 0 radical (unpaired) electrons. The standard InChI is InChI=1S/C19H24N4O.2ClH/c1-23-12-16(11-20-23)22-19(24)14-6-4-5-13(9-14)17-10-18(17)21-15-7-2-3-8-15;;/h4-6,9,11-12,15,17-18,21H,2-3,7-8,10H2,1H3,(H,22,24);2*1H. The van der Waals surface area contributed by atoms with E-state index in [0.29, 0.717) is 23.6 Å². The lowest BCUT2D eigenvalue weighted by Crippen LogP contribution is -2.28. The van der Waals surface area contributed by atoms with Crippen LogP contribution >= 0.6 is 24.8 Å². The van der Waals surface area contributed by atoms with Crippen LogP contribution in [-0.4, -0.2) is 27.8 Å². The first-order chi connectivity index (χ1) is 11.7. The maximum Gasteiger partial charge on any atom is 0.255 e. The highest BCUT2D eigenvalue weighted by molar-refractivity contribution is 6.04. The molecule has 142 valence electrons. The fraction of sp³-hybridized carbons (Fsp3) is 0.474. The highest BCUT2D eigenvalue weighted by Gasteiger charge is 2.39. The predicted molar refractivity (Wildman–Crippen MR) is 109 cm³/mol. The molecule has 2 aliphatic rings. The van der Waals surface area contributed by atoms with E-state index in [1.54, 1.807) is 17.1 Å². The highest BCUT2D eigenvalue weighted by atomic mass is 35.5. The van der Waals surface area contributed by atoms with E-state index in [-0.39, 0.29) is 30.7 Å². The Bertz CT molecular complexity index is 743. The molecule has 1 heterocycles. The number of aromatic nitrogens is 2. The maximum absolute atomic E-state index is 12.4. The average molecular weight is 397 g/mol. The number of nitrogens with one attached hydrogen (secondary N) is 2. The van der Waals surface area contributed by atoms with Gasteiger partial charge < -0.3 is 10.6 Å². The number of nitrogens with zero attached hydrogens (tertiary/aromatic N) is 2. The first-order valence-corrected chi connectivity index (χ1v) is 8.85. The Morgan fingerprint density at radius 2 is 2.00 bits per heavy atom. The molecule has 4 rings (SSSR count). The summed E-state index contributed by atoms with van der Waals surface area (Å²) in [5.41, 5.74) is 2.70. The van der Waals surface area contributed by atoms with Crippen LogP contribution in [0, 0.1) is 0 Å². The summed E-state index contributed by atoms with van der Waals surface area (Å²) in [6, 6.07) is 9.33. The number of rotatable bonds is 5. The Morgan fingerprint density at radius 1 is 1.23 bits per heavy atom. The summed E-state index contributed by atoms with van der Waals surface area (Å²) in [7, 11) is 1.83. The van der Waals surface area contributed by atoms with Crippen molar-refractivity contribution >= 4 is 36.4 Å². The second kappa shape index (κ2) is 8.89. The van der Waals surface area contributed by atoms with Gasteiger partial charge in [0.1, 0.15) is 0 Å². The van der Waals surface area contributed by atoms with Gasteiger partial charge in [-0.05, 0) is 37.0 Å². The number of carbonyl (C=O) groups is 1. The Labute approximate surface area is 166 Å². The minimum absolute atomic E-state index is 0. The third-order valence-electron chi connectivity index (χ3n) is 5.14. The summed E-state index contributed by atoms with van der Waals surface area (Å²) >= 11 is 0. The van der Waals surface area contributed by atoms with Gasteiger partial charge in [0, 0.05) is 36.8 Å². The first kappa shape index (κ1) is 20.7. The number of amides is 1. The van der Waals surface area contributed by atoms with Crippen LogP contribution < -0.4 is 10.6 Å². The molecule has 0 aliphatic heterocycles. The molecule has 26 heavy (non-hydrogen) atoms. The molecule has 0 saturated heterocycles. The van der Waals surface area contributed by atoms with Gasteiger partial charge in [-0.2, -0.15) is 5.10 Å². The summed E-state index contributed by atoms with van der Waals surface area (Å²) in [6.07, 6.45) is 9.99. The third-order valence-corrected chi connectivity index (χ3v) is 5.14. The second-order valence-corrected chi connectivity index (χ2v) is 7.08. The number of aryl methyl sites for hydroxylation is 1. The van der Waals surface area contributed by atoms with Crippen LogP contribution in [0.5, 0.6) is 0 Å². The molecule has 0 bridgehead atoms. The van der Waals surface area contributed by atoms with Gasteiger partial charge in [-0.25, -0.2) is 0 Å². The first-order valence-electron chi connectivity index (χ1n) is 8.85. The molecular weight excluding hydrogens is 371 g/mol. The molecule has 1 amide bonds. The zero-order valence-corrected chi connectivity index (χ0v) is 16.5. The van der Waals surface area contributed by atoms with Crippen LogP contribution in [0.4, 0.5) is 5.69 Å². The van der Waals surface area contributed by atoms with Crippen molar-refractivity contribution < 1.29 is 4.79 Å². The van der Waals surface area contributed by atoms with Crippen molar-refractivity contribution in [1.82, 2.24) is 15.1 Å². The Balaban J connectivity index is 0.00000121. The summed E-state index contributed by atoms with van der Waals surface area (Å²) in [5.74, 6) is 0.475. The maximum atomic E-state index is 12.4. The SMILES string of the molecule is Cl.Cl.Cn1cc(NC(=O)c2cccc(C3CC3NC3CCCC3)c2)cn1. The minimum atomic E-state index is -0.0780. The second-order valence-electron chi connectivity index (χ2n) is 7.08. The number of benzene rings is 1.